The van der Waals surface area contributed by atoms with Crippen molar-refractivity contribution in [3.05, 3.63) is 18.0 Å². The second kappa shape index (κ2) is 4.47. The summed E-state index contributed by atoms with van der Waals surface area (Å²) < 4.78 is 0. The lowest BCUT2D eigenvalue weighted by atomic mass is 9.81. The van der Waals surface area contributed by atoms with Gasteiger partial charge in [-0.25, -0.2) is 9.97 Å². The van der Waals surface area contributed by atoms with Gasteiger partial charge in [0, 0.05) is 19.4 Å². The summed E-state index contributed by atoms with van der Waals surface area (Å²) in [5, 5.41) is 8.64. The Morgan fingerprint density at radius 2 is 2.12 bits per heavy atom. The summed E-state index contributed by atoms with van der Waals surface area (Å²) in [4.78, 5) is 20.4. The third kappa shape index (κ3) is 2.29. The van der Waals surface area contributed by atoms with Gasteiger partial charge in [-0.1, -0.05) is 6.42 Å². The van der Waals surface area contributed by atoms with Crippen LogP contribution < -0.4 is 4.90 Å². The molecule has 0 amide bonds. The summed E-state index contributed by atoms with van der Waals surface area (Å²) in [7, 11) is 1.67. The van der Waals surface area contributed by atoms with Crippen LogP contribution in [0.15, 0.2) is 12.4 Å². The van der Waals surface area contributed by atoms with Crippen molar-refractivity contribution in [2.75, 3.05) is 18.5 Å². The lowest BCUT2D eigenvalue weighted by Gasteiger charge is -2.25. The van der Waals surface area contributed by atoms with E-state index >= 15 is 0 Å². The van der Waals surface area contributed by atoms with Crippen LogP contribution in [0.2, 0.25) is 0 Å². The molecule has 1 aliphatic carbocycles. The summed E-state index contributed by atoms with van der Waals surface area (Å²) in [6, 6.07) is 0. The molecular formula is C11H15N3O2. The van der Waals surface area contributed by atoms with Crippen molar-refractivity contribution < 1.29 is 9.90 Å². The molecule has 0 aliphatic heterocycles. The minimum atomic E-state index is -0.880. The van der Waals surface area contributed by atoms with E-state index in [1.807, 2.05) is 12.4 Å². The minimum Gasteiger partial charge on any atom is -0.480 e. The Bertz CT molecular complexity index is 373. The first-order valence-electron chi connectivity index (χ1n) is 5.41. The Kier molecular flexibility index (Phi) is 3.03. The molecule has 1 aromatic rings. The zero-order valence-electron chi connectivity index (χ0n) is 9.26. The number of carbonyl (C=O) groups is 1. The Labute approximate surface area is 94.1 Å². The Morgan fingerprint density at radius 3 is 2.56 bits per heavy atom. The van der Waals surface area contributed by atoms with E-state index in [2.05, 4.69) is 9.97 Å². The maximum atomic E-state index is 10.5. The highest BCUT2D eigenvalue weighted by Gasteiger charge is 2.20. The first kappa shape index (κ1) is 10.9. The highest BCUT2D eigenvalue weighted by Crippen LogP contribution is 2.35. The summed E-state index contributed by atoms with van der Waals surface area (Å²) in [5.41, 5.74) is 1.17. The van der Waals surface area contributed by atoms with Gasteiger partial charge in [-0.3, -0.25) is 4.79 Å². The molecular weight excluding hydrogens is 206 g/mol. The molecule has 1 saturated carbocycles. The van der Waals surface area contributed by atoms with Gasteiger partial charge in [0.2, 0.25) is 5.95 Å². The van der Waals surface area contributed by atoms with E-state index in [1.165, 1.54) is 29.7 Å². The molecule has 0 radical (unpaired) electrons. The van der Waals surface area contributed by atoms with Gasteiger partial charge < -0.3 is 10.0 Å². The van der Waals surface area contributed by atoms with E-state index in [9.17, 15) is 4.79 Å². The number of carboxylic acids is 1. The molecule has 0 saturated heterocycles. The molecule has 1 N–H and O–H groups in total. The van der Waals surface area contributed by atoms with Gasteiger partial charge >= 0.3 is 5.97 Å². The number of hydrogen-bond acceptors (Lipinski definition) is 4. The van der Waals surface area contributed by atoms with E-state index in [-0.39, 0.29) is 6.54 Å². The molecule has 5 nitrogen and oxygen atoms in total. The average Bonchev–Trinajstić information content (AvgIpc) is 2.15. The molecule has 0 aromatic carbocycles. The fraction of sp³-hybridized carbons (Fsp3) is 0.545. The van der Waals surface area contributed by atoms with Crippen LogP contribution >= 0.6 is 0 Å². The van der Waals surface area contributed by atoms with Gasteiger partial charge in [0.05, 0.1) is 0 Å². The molecule has 0 atom stereocenters. The quantitative estimate of drug-likeness (QED) is 0.829. The number of nitrogens with zero attached hydrogens (tertiary/aromatic N) is 3. The highest BCUT2D eigenvalue weighted by atomic mass is 16.4. The normalized spacial score (nSPS) is 15.6. The first-order valence-corrected chi connectivity index (χ1v) is 5.41. The number of rotatable bonds is 4. The molecule has 1 aliphatic rings. The maximum absolute atomic E-state index is 10.5. The second-order valence-corrected chi connectivity index (χ2v) is 4.19. The fourth-order valence-electron chi connectivity index (χ4n) is 1.75. The number of hydrogen-bond donors (Lipinski definition) is 1. The third-order valence-corrected chi connectivity index (χ3v) is 2.95. The summed E-state index contributed by atoms with van der Waals surface area (Å²) in [6.45, 7) is -0.0806. The van der Waals surface area contributed by atoms with Gasteiger partial charge in [-0.05, 0) is 24.3 Å². The van der Waals surface area contributed by atoms with Crippen molar-refractivity contribution in [2.45, 2.75) is 25.2 Å². The van der Waals surface area contributed by atoms with Crippen LogP contribution in [0.5, 0.6) is 0 Å². The van der Waals surface area contributed by atoms with Crippen LogP contribution in [0.25, 0.3) is 0 Å². The number of anilines is 1. The molecule has 1 aromatic heterocycles. The number of likely N-dealkylation sites (N-methyl/N-ethyl adjacent to an activating group) is 1. The van der Waals surface area contributed by atoms with Crippen LogP contribution in [0, 0.1) is 0 Å². The fourth-order valence-corrected chi connectivity index (χ4v) is 1.75. The van der Waals surface area contributed by atoms with E-state index < -0.39 is 5.97 Å². The first-order chi connectivity index (χ1) is 7.66. The van der Waals surface area contributed by atoms with Gasteiger partial charge in [0.1, 0.15) is 6.54 Å². The summed E-state index contributed by atoms with van der Waals surface area (Å²) >= 11 is 0. The molecule has 16 heavy (non-hydrogen) atoms. The zero-order chi connectivity index (χ0) is 11.5. The molecule has 5 heteroatoms. The molecule has 0 spiro atoms. The highest BCUT2D eigenvalue weighted by molar-refractivity contribution is 5.72. The van der Waals surface area contributed by atoms with Crippen molar-refractivity contribution >= 4 is 11.9 Å². The molecule has 1 fully saturated rings. The van der Waals surface area contributed by atoms with Crippen LogP contribution in [0.1, 0.15) is 30.7 Å². The molecule has 2 rings (SSSR count). The third-order valence-electron chi connectivity index (χ3n) is 2.95. The van der Waals surface area contributed by atoms with Crippen LogP contribution in [0.4, 0.5) is 5.95 Å². The topological polar surface area (TPSA) is 66.3 Å². The Balaban J connectivity index is 2.03. The van der Waals surface area contributed by atoms with Crippen LogP contribution in [-0.4, -0.2) is 34.6 Å². The van der Waals surface area contributed by atoms with Crippen molar-refractivity contribution in [1.29, 1.82) is 0 Å². The number of carboxylic acid groups (broad SMARTS) is 1. The van der Waals surface area contributed by atoms with Crippen LogP contribution in [0.3, 0.4) is 0 Å². The van der Waals surface area contributed by atoms with E-state index in [0.29, 0.717) is 11.9 Å². The average molecular weight is 221 g/mol. The summed E-state index contributed by atoms with van der Waals surface area (Å²) in [5.74, 6) is 0.193. The van der Waals surface area contributed by atoms with Crippen molar-refractivity contribution in [3.8, 4) is 0 Å². The second-order valence-electron chi connectivity index (χ2n) is 4.19. The van der Waals surface area contributed by atoms with Crippen molar-refractivity contribution in [2.24, 2.45) is 0 Å². The maximum Gasteiger partial charge on any atom is 0.323 e. The monoisotopic (exact) mass is 221 g/mol. The van der Waals surface area contributed by atoms with E-state index in [1.54, 1.807) is 7.05 Å². The minimum absolute atomic E-state index is 0.0806. The smallest absolute Gasteiger partial charge is 0.323 e. The zero-order valence-corrected chi connectivity index (χ0v) is 9.26. The molecule has 86 valence electrons. The largest absolute Gasteiger partial charge is 0.480 e. The Hall–Kier alpha value is -1.65. The van der Waals surface area contributed by atoms with Gasteiger partial charge in [0.25, 0.3) is 0 Å². The van der Waals surface area contributed by atoms with Gasteiger partial charge in [0.15, 0.2) is 0 Å². The number of aliphatic carboxylic acids is 1. The molecule has 0 unspecified atom stereocenters. The lowest BCUT2D eigenvalue weighted by Crippen LogP contribution is -2.27. The predicted molar refractivity (Wildman–Crippen MR) is 59.5 cm³/mol. The standard InChI is InChI=1S/C11H15N3O2/c1-14(7-10(15)16)11-12-5-9(6-13-11)8-3-2-4-8/h5-6,8H,2-4,7H2,1H3,(H,15,16). The molecule has 1 heterocycles. The van der Waals surface area contributed by atoms with E-state index in [0.717, 1.165) is 0 Å². The van der Waals surface area contributed by atoms with Crippen LogP contribution in [-0.2, 0) is 4.79 Å². The lowest BCUT2D eigenvalue weighted by molar-refractivity contribution is -0.135. The summed E-state index contributed by atoms with van der Waals surface area (Å²) in [6.07, 6.45) is 7.34. The predicted octanol–water partition coefficient (Wildman–Crippen LogP) is 1.26. The van der Waals surface area contributed by atoms with Gasteiger partial charge in [-0.15, -0.1) is 0 Å². The van der Waals surface area contributed by atoms with Crippen molar-refractivity contribution in [1.82, 2.24) is 9.97 Å². The Morgan fingerprint density at radius 1 is 1.50 bits per heavy atom. The van der Waals surface area contributed by atoms with Gasteiger partial charge in [-0.2, -0.15) is 0 Å². The number of aromatic nitrogens is 2. The molecule has 0 bridgehead atoms. The van der Waals surface area contributed by atoms with Crippen molar-refractivity contribution in [3.63, 3.8) is 0 Å². The van der Waals surface area contributed by atoms with E-state index in [4.69, 9.17) is 5.11 Å². The SMILES string of the molecule is CN(CC(=O)O)c1ncc(C2CCC2)cn1.